The summed E-state index contributed by atoms with van der Waals surface area (Å²) in [7, 11) is -5.55. The third kappa shape index (κ3) is 2.38. The maximum absolute atomic E-state index is 12.2. The van der Waals surface area contributed by atoms with Crippen LogP contribution >= 0.6 is 0 Å². The molecule has 0 aromatic heterocycles. The summed E-state index contributed by atoms with van der Waals surface area (Å²) >= 11 is 0. The molecule has 17 heavy (non-hydrogen) atoms. The van der Waals surface area contributed by atoms with E-state index in [1.165, 1.54) is 6.92 Å². The molecule has 0 spiro atoms. The summed E-state index contributed by atoms with van der Waals surface area (Å²) in [4.78, 5) is 8.40. The van der Waals surface area contributed by atoms with E-state index in [1.807, 2.05) is 0 Å². The largest absolute Gasteiger partial charge is 0.501 e. The highest BCUT2D eigenvalue weighted by atomic mass is 32.2. The quantitative estimate of drug-likeness (QED) is 0.609. The molecule has 5 nitrogen and oxygen atoms in total. The number of benzene rings is 1. The summed E-state index contributed by atoms with van der Waals surface area (Å²) in [5.41, 5.74) is -6.07. The van der Waals surface area contributed by atoms with Crippen molar-refractivity contribution in [3.8, 4) is 0 Å². The Hall–Kier alpha value is -1.64. The molecule has 0 fully saturated rings. The van der Waals surface area contributed by atoms with E-state index in [1.54, 1.807) is 0 Å². The lowest BCUT2D eigenvalue weighted by atomic mass is 10.2. The minimum Gasteiger partial charge on any atom is -0.258 e. The number of hydrogen-bond donors (Lipinski definition) is 0. The molecule has 94 valence electrons. The topological polar surface area (TPSA) is 77.3 Å². The SMILES string of the molecule is Cc1ccc(S(=O)(=O)C(F)(F)F)cc1[N+](=O)[O-]. The summed E-state index contributed by atoms with van der Waals surface area (Å²) < 4.78 is 58.6. The fraction of sp³-hybridized carbons (Fsp3) is 0.250. The second-order valence-corrected chi connectivity index (χ2v) is 5.10. The minimum absolute atomic E-state index is 0.0797. The van der Waals surface area contributed by atoms with Gasteiger partial charge in [-0.2, -0.15) is 13.2 Å². The van der Waals surface area contributed by atoms with Gasteiger partial charge in [0.2, 0.25) is 0 Å². The van der Waals surface area contributed by atoms with E-state index in [0.717, 1.165) is 6.07 Å². The van der Waals surface area contributed by atoms with Gasteiger partial charge in [0.25, 0.3) is 15.5 Å². The van der Waals surface area contributed by atoms with E-state index in [4.69, 9.17) is 0 Å². The fourth-order valence-electron chi connectivity index (χ4n) is 1.09. The zero-order valence-electron chi connectivity index (χ0n) is 8.35. The number of hydrogen-bond acceptors (Lipinski definition) is 4. The predicted octanol–water partition coefficient (Wildman–Crippen LogP) is 2.20. The van der Waals surface area contributed by atoms with Crippen LogP contribution in [-0.2, 0) is 9.84 Å². The Morgan fingerprint density at radius 1 is 1.29 bits per heavy atom. The molecule has 1 aromatic rings. The molecule has 0 amide bonds. The van der Waals surface area contributed by atoms with Crippen LogP contribution in [0.1, 0.15) is 5.56 Å². The van der Waals surface area contributed by atoms with Gasteiger partial charge in [-0.1, -0.05) is 6.07 Å². The van der Waals surface area contributed by atoms with Crippen molar-refractivity contribution >= 4 is 15.5 Å². The van der Waals surface area contributed by atoms with Crippen LogP contribution in [0.5, 0.6) is 0 Å². The van der Waals surface area contributed by atoms with Gasteiger partial charge < -0.3 is 0 Å². The average molecular weight is 269 g/mol. The Morgan fingerprint density at radius 2 is 1.82 bits per heavy atom. The molecule has 0 bridgehead atoms. The zero-order valence-corrected chi connectivity index (χ0v) is 9.17. The Morgan fingerprint density at radius 3 is 2.24 bits per heavy atom. The van der Waals surface area contributed by atoms with E-state index >= 15 is 0 Å². The average Bonchev–Trinajstić information content (AvgIpc) is 2.15. The number of sulfone groups is 1. The number of halogens is 3. The number of rotatable bonds is 2. The lowest BCUT2D eigenvalue weighted by molar-refractivity contribution is -0.385. The lowest BCUT2D eigenvalue weighted by Crippen LogP contribution is -2.23. The molecule has 0 heterocycles. The Labute approximate surface area is 93.9 Å². The standard InChI is InChI=1S/C8H6F3NO4S/c1-5-2-3-6(4-7(5)12(13)14)17(15,16)8(9,10)11/h2-4H,1H3. The Balaban J connectivity index is 3.46. The molecule has 0 saturated heterocycles. The van der Waals surface area contributed by atoms with Gasteiger partial charge in [-0.15, -0.1) is 0 Å². The second kappa shape index (κ2) is 3.99. The van der Waals surface area contributed by atoms with Gasteiger partial charge in [-0.25, -0.2) is 8.42 Å². The molecule has 1 rings (SSSR count). The van der Waals surface area contributed by atoms with Gasteiger partial charge in [-0.3, -0.25) is 10.1 Å². The molecule has 0 unspecified atom stereocenters. The van der Waals surface area contributed by atoms with Crippen molar-refractivity contribution in [2.45, 2.75) is 17.3 Å². The van der Waals surface area contributed by atoms with Crippen LogP contribution in [0.25, 0.3) is 0 Å². The normalized spacial score (nSPS) is 12.5. The Bertz CT molecular complexity index is 565. The van der Waals surface area contributed by atoms with Crippen molar-refractivity contribution in [2.24, 2.45) is 0 Å². The maximum atomic E-state index is 12.2. The molecular weight excluding hydrogens is 263 g/mol. The molecule has 0 aliphatic heterocycles. The zero-order chi connectivity index (χ0) is 13.4. The predicted molar refractivity (Wildman–Crippen MR) is 51.1 cm³/mol. The van der Waals surface area contributed by atoms with E-state index in [-0.39, 0.29) is 5.56 Å². The molecule has 0 aliphatic rings. The van der Waals surface area contributed by atoms with Gasteiger partial charge in [0, 0.05) is 11.6 Å². The van der Waals surface area contributed by atoms with Crippen LogP contribution in [0.3, 0.4) is 0 Å². The lowest BCUT2D eigenvalue weighted by Gasteiger charge is -2.08. The highest BCUT2D eigenvalue weighted by molar-refractivity contribution is 7.92. The third-order valence-corrected chi connectivity index (χ3v) is 3.48. The van der Waals surface area contributed by atoms with Crippen molar-refractivity contribution in [3.63, 3.8) is 0 Å². The summed E-state index contributed by atoms with van der Waals surface area (Å²) in [5.74, 6) is 0. The molecule has 9 heteroatoms. The highest BCUT2D eigenvalue weighted by Crippen LogP contribution is 2.32. The summed E-state index contributed by atoms with van der Waals surface area (Å²) in [5, 5.41) is 10.5. The van der Waals surface area contributed by atoms with Crippen LogP contribution < -0.4 is 0 Å². The smallest absolute Gasteiger partial charge is 0.258 e. The molecular formula is C8H6F3NO4S. The van der Waals surface area contributed by atoms with Gasteiger partial charge in [0.05, 0.1) is 9.82 Å². The molecule has 0 N–H and O–H groups in total. The first-order valence-corrected chi connectivity index (χ1v) is 5.62. The van der Waals surface area contributed by atoms with Crippen molar-refractivity contribution in [3.05, 3.63) is 33.9 Å². The summed E-state index contributed by atoms with van der Waals surface area (Å²) in [6.07, 6.45) is 0. The monoisotopic (exact) mass is 269 g/mol. The van der Waals surface area contributed by atoms with E-state index in [2.05, 4.69) is 0 Å². The number of aryl methyl sites for hydroxylation is 1. The van der Waals surface area contributed by atoms with Crippen molar-refractivity contribution in [1.29, 1.82) is 0 Å². The van der Waals surface area contributed by atoms with Crippen LogP contribution in [0.2, 0.25) is 0 Å². The number of nitro groups is 1. The summed E-state index contributed by atoms with van der Waals surface area (Å²) in [6.45, 7) is 1.29. The van der Waals surface area contributed by atoms with Crippen LogP contribution in [0.15, 0.2) is 23.1 Å². The van der Waals surface area contributed by atoms with Gasteiger partial charge in [0.1, 0.15) is 0 Å². The van der Waals surface area contributed by atoms with Gasteiger partial charge >= 0.3 is 5.51 Å². The number of alkyl halides is 3. The number of nitro benzene ring substituents is 1. The Kier molecular flexibility index (Phi) is 3.15. The maximum Gasteiger partial charge on any atom is 0.501 e. The first kappa shape index (κ1) is 13.4. The fourth-order valence-corrected chi connectivity index (χ4v) is 1.87. The minimum atomic E-state index is -5.55. The van der Waals surface area contributed by atoms with Crippen LogP contribution in [-0.4, -0.2) is 18.8 Å². The second-order valence-electron chi connectivity index (χ2n) is 3.15. The van der Waals surface area contributed by atoms with Crippen molar-refractivity contribution in [2.75, 3.05) is 0 Å². The molecule has 0 saturated carbocycles. The first-order valence-electron chi connectivity index (χ1n) is 4.14. The molecule has 0 atom stereocenters. The molecule has 1 aromatic carbocycles. The van der Waals surface area contributed by atoms with E-state index < -0.39 is 30.9 Å². The molecule has 0 radical (unpaired) electrons. The third-order valence-electron chi connectivity index (χ3n) is 1.99. The van der Waals surface area contributed by atoms with Gasteiger partial charge in [0.15, 0.2) is 0 Å². The van der Waals surface area contributed by atoms with Crippen molar-refractivity contribution < 1.29 is 26.5 Å². The van der Waals surface area contributed by atoms with E-state index in [9.17, 15) is 31.7 Å². The highest BCUT2D eigenvalue weighted by Gasteiger charge is 2.47. The molecule has 0 aliphatic carbocycles. The van der Waals surface area contributed by atoms with Crippen LogP contribution in [0.4, 0.5) is 18.9 Å². The first-order chi connectivity index (χ1) is 7.57. The number of nitrogens with zero attached hydrogens (tertiary/aromatic N) is 1. The van der Waals surface area contributed by atoms with Crippen molar-refractivity contribution in [1.82, 2.24) is 0 Å². The van der Waals surface area contributed by atoms with Crippen LogP contribution in [0, 0.1) is 17.0 Å². The van der Waals surface area contributed by atoms with Gasteiger partial charge in [-0.05, 0) is 13.0 Å². The van der Waals surface area contributed by atoms with E-state index in [0.29, 0.717) is 12.1 Å². The summed E-state index contributed by atoms with van der Waals surface area (Å²) in [6, 6.07) is 2.04.